The van der Waals surface area contributed by atoms with Gasteiger partial charge in [0.05, 0.1) is 6.61 Å². The van der Waals surface area contributed by atoms with Gasteiger partial charge in [-0.2, -0.15) is 5.26 Å². The van der Waals surface area contributed by atoms with Crippen molar-refractivity contribution in [2.24, 2.45) is 0 Å². The number of methoxy groups -OCH3 is 1. The van der Waals surface area contributed by atoms with Gasteiger partial charge >= 0.3 is 0 Å². The third kappa shape index (κ3) is 4.99. The third-order valence-electron chi connectivity index (χ3n) is 4.43. The van der Waals surface area contributed by atoms with Crippen molar-refractivity contribution >= 4 is 46.1 Å². The predicted molar refractivity (Wildman–Crippen MR) is 116 cm³/mol. The molecular weight excluding hydrogens is 409 g/mol. The van der Waals surface area contributed by atoms with E-state index in [1.165, 1.54) is 0 Å². The molecule has 5 nitrogen and oxygen atoms in total. The minimum atomic E-state index is -0.429. The normalized spacial score (nSPS) is 11.4. The molecular formula is C22H19Cl2N3O2. The Hall–Kier alpha value is -2.78. The van der Waals surface area contributed by atoms with Gasteiger partial charge in [-0.05, 0) is 29.8 Å². The summed E-state index contributed by atoms with van der Waals surface area (Å²) in [7, 11) is 1.55. The lowest BCUT2D eigenvalue weighted by Gasteiger charge is -2.08. The highest BCUT2D eigenvalue weighted by atomic mass is 35.5. The Morgan fingerprint density at radius 3 is 2.79 bits per heavy atom. The number of fused-ring (bicyclic) bond motifs is 1. The summed E-state index contributed by atoms with van der Waals surface area (Å²) in [6.45, 7) is 1.25. The highest BCUT2D eigenvalue weighted by Crippen LogP contribution is 2.27. The van der Waals surface area contributed by atoms with Crippen molar-refractivity contribution in [3.8, 4) is 6.07 Å². The van der Waals surface area contributed by atoms with Gasteiger partial charge in [-0.3, -0.25) is 4.79 Å². The maximum Gasteiger partial charge on any atom is 0.262 e. The molecule has 148 valence electrons. The van der Waals surface area contributed by atoms with E-state index in [1.807, 2.05) is 47.2 Å². The standard InChI is InChI=1S/C22H19Cl2N3O2/c1-29-9-8-26-22(28)16(12-25)10-17-14-27(21-5-3-2-4-19(17)21)13-15-6-7-18(23)11-20(15)24/h2-7,10-11,14H,8-9,13H2,1H3,(H,26,28)/b16-10+. The maximum atomic E-state index is 12.3. The summed E-state index contributed by atoms with van der Waals surface area (Å²) in [6, 6.07) is 15.2. The Bertz CT molecular complexity index is 1110. The number of nitrogens with zero attached hydrogens (tertiary/aromatic N) is 2. The number of halogens is 2. The molecule has 0 aliphatic rings. The van der Waals surface area contributed by atoms with Crippen LogP contribution in [0.25, 0.3) is 17.0 Å². The van der Waals surface area contributed by atoms with Crippen LogP contribution in [0.5, 0.6) is 0 Å². The molecule has 0 aliphatic carbocycles. The van der Waals surface area contributed by atoms with Crippen molar-refractivity contribution in [3.63, 3.8) is 0 Å². The molecule has 0 bridgehead atoms. The fourth-order valence-corrected chi connectivity index (χ4v) is 3.49. The molecule has 0 spiro atoms. The van der Waals surface area contributed by atoms with Crippen LogP contribution in [0, 0.1) is 11.3 Å². The number of carbonyl (C=O) groups excluding carboxylic acids is 1. The molecule has 0 unspecified atom stereocenters. The summed E-state index contributed by atoms with van der Waals surface area (Å²) in [5.74, 6) is -0.429. The first kappa shape index (κ1) is 20.9. The Labute approximate surface area is 179 Å². The van der Waals surface area contributed by atoms with Crippen LogP contribution in [0.1, 0.15) is 11.1 Å². The molecule has 29 heavy (non-hydrogen) atoms. The smallest absolute Gasteiger partial charge is 0.262 e. The Morgan fingerprint density at radius 1 is 1.28 bits per heavy atom. The number of ether oxygens (including phenoxy) is 1. The van der Waals surface area contributed by atoms with Crippen LogP contribution in [0.15, 0.2) is 54.2 Å². The van der Waals surface area contributed by atoms with E-state index in [9.17, 15) is 10.1 Å². The zero-order chi connectivity index (χ0) is 20.8. The molecule has 2 aromatic carbocycles. The predicted octanol–water partition coefficient (Wildman–Crippen LogP) is 4.67. The molecule has 7 heteroatoms. The SMILES string of the molecule is COCCNC(=O)/C(C#N)=C/c1cn(Cc2ccc(Cl)cc2Cl)c2ccccc12. The number of hydrogen-bond acceptors (Lipinski definition) is 3. The number of aromatic nitrogens is 1. The van der Waals surface area contributed by atoms with Gasteiger partial charge < -0.3 is 14.6 Å². The zero-order valence-corrected chi connectivity index (χ0v) is 17.3. The topological polar surface area (TPSA) is 67.0 Å². The summed E-state index contributed by atoms with van der Waals surface area (Å²) in [5, 5.41) is 14.2. The Kier molecular flexibility index (Phi) is 6.95. The number of carbonyl (C=O) groups is 1. The van der Waals surface area contributed by atoms with E-state index in [4.69, 9.17) is 27.9 Å². The van der Waals surface area contributed by atoms with E-state index < -0.39 is 5.91 Å². The molecule has 0 fully saturated rings. The van der Waals surface area contributed by atoms with Crippen LogP contribution in [0.3, 0.4) is 0 Å². The summed E-state index contributed by atoms with van der Waals surface area (Å²) in [4.78, 5) is 12.3. The minimum Gasteiger partial charge on any atom is -0.383 e. The van der Waals surface area contributed by atoms with Gasteiger partial charge in [0.15, 0.2) is 0 Å². The lowest BCUT2D eigenvalue weighted by atomic mass is 10.1. The van der Waals surface area contributed by atoms with Crippen molar-refractivity contribution in [1.82, 2.24) is 9.88 Å². The molecule has 0 saturated heterocycles. The van der Waals surface area contributed by atoms with Crippen molar-refractivity contribution in [2.45, 2.75) is 6.54 Å². The maximum absolute atomic E-state index is 12.3. The number of nitrogens with one attached hydrogen (secondary N) is 1. The van der Waals surface area contributed by atoms with Gasteiger partial charge in [0.2, 0.25) is 0 Å². The summed E-state index contributed by atoms with van der Waals surface area (Å²) in [5.41, 5.74) is 2.71. The van der Waals surface area contributed by atoms with E-state index in [2.05, 4.69) is 5.32 Å². The Balaban J connectivity index is 1.97. The molecule has 3 rings (SSSR count). The van der Waals surface area contributed by atoms with Crippen LogP contribution in [0.4, 0.5) is 0 Å². The Morgan fingerprint density at radius 2 is 2.07 bits per heavy atom. The van der Waals surface area contributed by atoms with Gasteiger partial charge in [0.1, 0.15) is 11.6 Å². The lowest BCUT2D eigenvalue weighted by molar-refractivity contribution is -0.117. The van der Waals surface area contributed by atoms with E-state index in [1.54, 1.807) is 25.3 Å². The van der Waals surface area contributed by atoms with Gasteiger partial charge in [-0.25, -0.2) is 0 Å². The average molecular weight is 428 g/mol. The van der Waals surface area contributed by atoms with Crippen LogP contribution in [0.2, 0.25) is 10.0 Å². The number of para-hydroxylation sites is 1. The third-order valence-corrected chi connectivity index (χ3v) is 5.02. The van der Waals surface area contributed by atoms with Gasteiger partial charge in [0, 0.05) is 52.9 Å². The molecule has 0 aliphatic heterocycles. The first-order chi connectivity index (χ1) is 14.0. The molecule has 1 aromatic heterocycles. The lowest BCUT2D eigenvalue weighted by Crippen LogP contribution is -2.27. The molecule has 1 amide bonds. The summed E-state index contributed by atoms with van der Waals surface area (Å²) >= 11 is 12.3. The van der Waals surface area contributed by atoms with Crippen LogP contribution in [-0.2, 0) is 16.1 Å². The summed E-state index contributed by atoms with van der Waals surface area (Å²) < 4.78 is 6.95. The van der Waals surface area contributed by atoms with Crippen LogP contribution in [-0.4, -0.2) is 30.7 Å². The van der Waals surface area contributed by atoms with Crippen molar-refractivity contribution in [3.05, 3.63) is 75.4 Å². The van der Waals surface area contributed by atoms with Gasteiger partial charge in [-0.15, -0.1) is 0 Å². The zero-order valence-electron chi connectivity index (χ0n) is 15.8. The van der Waals surface area contributed by atoms with E-state index in [0.717, 1.165) is 22.0 Å². The van der Waals surface area contributed by atoms with E-state index >= 15 is 0 Å². The second kappa shape index (κ2) is 9.62. The van der Waals surface area contributed by atoms with E-state index in [-0.39, 0.29) is 5.57 Å². The van der Waals surface area contributed by atoms with Crippen molar-refractivity contribution < 1.29 is 9.53 Å². The highest BCUT2D eigenvalue weighted by molar-refractivity contribution is 6.35. The molecule has 1 N–H and O–H groups in total. The monoisotopic (exact) mass is 427 g/mol. The van der Waals surface area contributed by atoms with Crippen molar-refractivity contribution in [1.29, 1.82) is 5.26 Å². The quantitative estimate of drug-likeness (QED) is 0.338. The summed E-state index contributed by atoms with van der Waals surface area (Å²) in [6.07, 6.45) is 3.51. The van der Waals surface area contributed by atoms with Gasteiger partial charge in [-0.1, -0.05) is 47.5 Å². The van der Waals surface area contributed by atoms with Gasteiger partial charge in [0.25, 0.3) is 5.91 Å². The first-order valence-electron chi connectivity index (χ1n) is 8.94. The number of benzene rings is 2. The highest BCUT2D eigenvalue weighted by Gasteiger charge is 2.13. The number of hydrogen-bond donors (Lipinski definition) is 1. The van der Waals surface area contributed by atoms with E-state index in [0.29, 0.717) is 29.7 Å². The number of nitriles is 1. The second-order valence-electron chi connectivity index (χ2n) is 6.38. The molecule has 0 atom stereocenters. The minimum absolute atomic E-state index is 0.0357. The fourth-order valence-electron chi connectivity index (χ4n) is 3.02. The largest absolute Gasteiger partial charge is 0.383 e. The van der Waals surface area contributed by atoms with Crippen molar-refractivity contribution in [2.75, 3.05) is 20.3 Å². The van der Waals surface area contributed by atoms with Crippen LogP contribution < -0.4 is 5.32 Å². The second-order valence-corrected chi connectivity index (χ2v) is 7.23. The molecule has 0 saturated carbocycles. The molecule has 3 aromatic rings. The number of amides is 1. The molecule has 0 radical (unpaired) electrons. The average Bonchev–Trinajstić information content (AvgIpc) is 3.06. The number of rotatable bonds is 7. The molecule has 1 heterocycles. The van der Waals surface area contributed by atoms with Crippen LogP contribution >= 0.6 is 23.2 Å². The fraction of sp³-hybridized carbons (Fsp3) is 0.182. The first-order valence-corrected chi connectivity index (χ1v) is 9.70.